The molecule has 4 nitrogen and oxygen atoms in total. The minimum absolute atomic E-state index is 0.00231. The van der Waals surface area contributed by atoms with Crippen molar-refractivity contribution in [1.29, 1.82) is 5.41 Å². The molecule has 0 saturated heterocycles. The summed E-state index contributed by atoms with van der Waals surface area (Å²) >= 11 is 0. The number of hydrogen-bond acceptors (Lipinski definition) is 3. The first-order valence-corrected chi connectivity index (χ1v) is 3.02. The van der Waals surface area contributed by atoms with Crippen LogP contribution in [-0.2, 0) is 4.79 Å². The van der Waals surface area contributed by atoms with Crippen molar-refractivity contribution in [2.24, 2.45) is 0 Å². The van der Waals surface area contributed by atoms with Crippen molar-refractivity contribution in [3.63, 3.8) is 0 Å². The monoisotopic (exact) mass is 153 g/mol. The Balaban J connectivity index is 2.90. The highest BCUT2D eigenvalue weighted by atomic mass is 16.4. The van der Waals surface area contributed by atoms with Crippen molar-refractivity contribution in [3.8, 4) is 0 Å². The summed E-state index contributed by atoms with van der Waals surface area (Å²) < 4.78 is 0. The fourth-order valence-corrected chi connectivity index (χ4v) is 0.767. The van der Waals surface area contributed by atoms with Gasteiger partial charge in [-0.1, -0.05) is 0 Å². The Morgan fingerprint density at radius 3 is 2.64 bits per heavy atom. The number of nitrogens with one attached hydrogen (secondary N) is 1. The maximum absolute atomic E-state index is 10.3. The minimum Gasteiger partial charge on any atom is -0.506 e. The first-order valence-electron chi connectivity index (χ1n) is 3.02. The SMILES string of the molecule is N=C1CC(C(=O)O)=CC=C1O. The number of aliphatic hydroxyl groups excluding tert-OH is 1. The fourth-order valence-electron chi connectivity index (χ4n) is 0.767. The molecule has 1 aliphatic rings. The normalized spacial score (nSPS) is 17.3. The van der Waals surface area contributed by atoms with Crippen molar-refractivity contribution in [3.05, 3.63) is 23.5 Å². The lowest BCUT2D eigenvalue weighted by molar-refractivity contribution is -0.132. The molecule has 1 rings (SSSR count). The van der Waals surface area contributed by atoms with Gasteiger partial charge in [0.15, 0.2) is 0 Å². The molecule has 0 bridgehead atoms. The molecule has 4 heteroatoms. The standard InChI is InChI=1S/C7H7NO3/c8-5-3-4(7(10)11)1-2-6(5)9/h1-2,8-9H,3H2,(H,10,11). The number of hydrogen-bond donors (Lipinski definition) is 3. The zero-order chi connectivity index (χ0) is 8.43. The Hall–Kier alpha value is -1.58. The number of rotatable bonds is 1. The van der Waals surface area contributed by atoms with Crippen LogP contribution in [0.1, 0.15) is 6.42 Å². The van der Waals surface area contributed by atoms with E-state index in [-0.39, 0.29) is 23.5 Å². The Morgan fingerprint density at radius 1 is 1.55 bits per heavy atom. The van der Waals surface area contributed by atoms with Gasteiger partial charge in [0.25, 0.3) is 0 Å². The molecule has 0 amide bonds. The maximum atomic E-state index is 10.3. The minimum atomic E-state index is -1.04. The highest BCUT2D eigenvalue weighted by Gasteiger charge is 2.15. The summed E-state index contributed by atoms with van der Waals surface area (Å²) in [5.41, 5.74) is 0.0812. The van der Waals surface area contributed by atoms with Gasteiger partial charge in [0.2, 0.25) is 0 Å². The summed E-state index contributed by atoms with van der Waals surface area (Å²) in [6.45, 7) is 0. The average molecular weight is 153 g/mol. The number of aliphatic carboxylic acids is 1. The lowest BCUT2D eigenvalue weighted by atomic mass is 10.0. The summed E-state index contributed by atoms with van der Waals surface area (Å²) in [5, 5.41) is 24.4. The smallest absolute Gasteiger partial charge is 0.331 e. The van der Waals surface area contributed by atoms with Gasteiger partial charge in [0, 0.05) is 12.0 Å². The van der Waals surface area contributed by atoms with Crippen molar-refractivity contribution in [2.45, 2.75) is 6.42 Å². The lowest BCUT2D eigenvalue weighted by Crippen LogP contribution is -2.11. The van der Waals surface area contributed by atoms with Gasteiger partial charge in [-0.25, -0.2) is 4.79 Å². The predicted octanol–water partition coefficient (Wildman–Crippen LogP) is 0.863. The molecular weight excluding hydrogens is 146 g/mol. The molecule has 1 aliphatic carbocycles. The third-order valence-corrected chi connectivity index (χ3v) is 1.39. The predicted molar refractivity (Wildman–Crippen MR) is 38.8 cm³/mol. The zero-order valence-corrected chi connectivity index (χ0v) is 5.66. The van der Waals surface area contributed by atoms with E-state index in [0.717, 1.165) is 0 Å². The molecular formula is C7H7NO3. The molecule has 0 heterocycles. The van der Waals surface area contributed by atoms with E-state index >= 15 is 0 Å². The van der Waals surface area contributed by atoms with E-state index < -0.39 is 5.97 Å². The van der Waals surface area contributed by atoms with Crippen molar-refractivity contribution < 1.29 is 15.0 Å². The van der Waals surface area contributed by atoms with E-state index in [4.69, 9.17) is 15.6 Å². The summed E-state index contributed by atoms with van der Waals surface area (Å²) in [5.74, 6) is -1.20. The van der Waals surface area contributed by atoms with Gasteiger partial charge in [-0.05, 0) is 12.2 Å². The quantitative estimate of drug-likeness (QED) is 0.522. The van der Waals surface area contributed by atoms with Crippen LogP contribution in [0.2, 0.25) is 0 Å². The Labute approximate surface area is 63.0 Å². The van der Waals surface area contributed by atoms with Gasteiger partial charge in [-0.3, -0.25) is 0 Å². The van der Waals surface area contributed by atoms with Gasteiger partial charge in [-0.2, -0.15) is 0 Å². The zero-order valence-electron chi connectivity index (χ0n) is 5.66. The van der Waals surface area contributed by atoms with E-state index in [1.807, 2.05) is 0 Å². The van der Waals surface area contributed by atoms with Gasteiger partial charge in [-0.15, -0.1) is 0 Å². The molecule has 0 aromatic carbocycles. The van der Waals surface area contributed by atoms with Crippen LogP contribution >= 0.6 is 0 Å². The highest BCUT2D eigenvalue weighted by Crippen LogP contribution is 2.12. The van der Waals surface area contributed by atoms with Gasteiger partial charge >= 0.3 is 5.97 Å². The molecule has 0 aliphatic heterocycles. The molecule has 0 atom stereocenters. The second-order valence-electron chi connectivity index (χ2n) is 2.20. The van der Waals surface area contributed by atoms with E-state index in [2.05, 4.69) is 0 Å². The summed E-state index contributed by atoms with van der Waals surface area (Å²) in [7, 11) is 0. The van der Waals surface area contributed by atoms with Crippen molar-refractivity contribution >= 4 is 11.7 Å². The van der Waals surface area contributed by atoms with Crippen molar-refractivity contribution in [2.75, 3.05) is 0 Å². The van der Waals surface area contributed by atoms with Crippen LogP contribution in [0.5, 0.6) is 0 Å². The molecule has 0 aromatic rings. The number of carboxylic acid groups (broad SMARTS) is 1. The van der Waals surface area contributed by atoms with E-state index in [1.54, 1.807) is 0 Å². The Kier molecular flexibility index (Phi) is 1.76. The molecule has 0 radical (unpaired) electrons. The van der Waals surface area contributed by atoms with E-state index in [0.29, 0.717) is 0 Å². The van der Waals surface area contributed by atoms with Gasteiger partial charge in [0.05, 0.1) is 5.71 Å². The first-order chi connectivity index (χ1) is 5.11. The van der Waals surface area contributed by atoms with Crippen molar-refractivity contribution in [1.82, 2.24) is 0 Å². The van der Waals surface area contributed by atoms with Crippen LogP contribution in [-0.4, -0.2) is 21.9 Å². The second kappa shape index (κ2) is 2.57. The van der Waals surface area contributed by atoms with E-state index in [1.165, 1.54) is 12.2 Å². The van der Waals surface area contributed by atoms with Crippen LogP contribution in [0, 0.1) is 5.41 Å². The lowest BCUT2D eigenvalue weighted by Gasteiger charge is -2.07. The second-order valence-corrected chi connectivity index (χ2v) is 2.20. The third kappa shape index (κ3) is 1.46. The molecule has 0 aromatic heterocycles. The molecule has 0 unspecified atom stereocenters. The van der Waals surface area contributed by atoms with Crippen LogP contribution < -0.4 is 0 Å². The number of carbonyl (C=O) groups is 1. The summed E-state index contributed by atoms with van der Waals surface area (Å²) in [6.07, 6.45) is 2.52. The number of aliphatic hydroxyl groups is 1. The Bertz CT molecular complexity index is 275. The number of carboxylic acids is 1. The first kappa shape index (κ1) is 7.53. The molecule has 0 spiro atoms. The summed E-state index contributed by atoms with van der Waals surface area (Å²) in [6, 6.07) is 0. The fraction of sp³-hybridized carbons (Fsp3) is 0.143. The molecule has 0 fully saturated rings. The largest absolute Gasteiger partial charge is 0.506 e. The molecule has 3 N–H and O–H groups in total. The van der Waals surface area contributed by atoms with Gasteiger partial charge in [0.1, 0.15) is 5.76 Å². The van der Waals surface area contributed by atoms with Gasteiger partial charge < -0.3 is 15.6 Å². The third-order valence-electron chi connectivity index (χ3n) is 1.39. The molecule has 0 saturated carbocycles. The number of allylic oxidation sites excluding steroid dienone is 3. The van der Waals surface area contributed by atoms with Crippen LogP contribution in [0.25, 0.3) is 0 Å². The maximum Gasteiger partial charge on any atom is 0.331 e. The van der Waals surface area contributed by atoms with Crippen LogP contribution in [0.4, 0.5) is 0 Å². The Morgan fingerprint density at radius 2 is 2.18 bits per heavy atom. The molecule has 11 heavy (non-hydrogen) atoms. The summed E-state index contributed by atoms with van der Waals surface area (Å²) in [4.78, 5) is 10.3. The van der Waals surface area contributed by atoms with Crippen LogP contribution in [0.3, 0.4) is 0 Å². The highest BCUT2D eigenvalue weighted by molar-refractivity contribution is 6.04. The van der Waals surface area contributed by atoms with E-state index in [9.17, 15) is 4.79 Å². The average Bonchev–Trinajstić information content (AvgIpc) is 1.94. The molecule has 58 valence electrons. The van der Waals surface area contributed by atoms with Crippen LogP contribution in [0.15, 0.2) is 23.5 Å². The topological polar surface area (TPSA) is 81.4 Å².